The molecule has 1 N–H and O–H groups in total. The van der Waals surface area contributed by atoms with Crippen LogP contribution in [0.2, 0.25) is 5.02 Å². The monoisotopic (exact) mass is 518 g/mol. The fourth-order valence-corrected chi connectivity index (χ4v) is 5.97. The predicted octanol–water partition coefficient (Wildman–Crippen LogP) is 6.87. The van der Waals surface area contributed by atoms with E-state index in [4.69, 9.17) is 16.6 Å². The largest absolute Gasteiger partial charge is 0.478 e. The fraction of sp³-hybridized carbons (Fsp3) is 0.355. The first kappa shape index (κ1) is 25.6. The van der Waals surface area contributed by atoms with Crippen LogP contribution in [0.5, 0.6) is 0 Å². The standard InChI is InChI=1S/C31H32ClFN2O2/c1-20-14-26(32)17-34-30(20)28-5-2-4-24-16-25(31(36)37)10-11-27(24)29(28)23-8-6-21(7-9-23)15-22-18-35(19-22)13-3-12-33/h6-11,14,16-17,22H,2-5,12-13,15,18-19H2,1H3,(H,36,37). The van der Waals surface area contributed by atoms with E-state index in [0.29, 0.717) is 22.9 Å². The van der Waals surface area contributed by atoms with Gasteiger partial charge in [-0.05, 0) is 102 Å². The maximum absolute atomic E-state index is 12.4. The molecule has 6 heteroatoms. The molecule has 192 valence electrons. The molecule has 1 aliphatic carbocycles. The van der Waals surface area contributed by atoms with E-state index in [1.54, 1.807) is 12.3 Å². The third kappa shape index (κ3) is 5.63. The molecular weight excluding hydrogens is 487 g/mol. The van der Waals surface area contributed by atoms with Crippen LogP contribution in [-0.4, -0.2) is 47.3 Å². The van der Waals surface area contributed by atoms with E-state index in [1.807, 2.05) is 25.1 Å². The second-order valence-electron chi connectivity index (χ2n) is 10.3. The average molecular weight is 519 g/mol. The van der Waals surface area contributed by atoms with Gasteiger partial charge in [0, 0.05) is 25.8 Å². The fourth-order valence-electron chi connectivity index (χ4n) is 5.76. The van der Waals surface area contributed by atoms with Gasteiger partial charge in [0.05, 0.1) is 23.0 Å². The number of nitrogens with zero attached hydrogens (tertiary/aromatic N) is 2. The highest BCUT2D eigenvalue weighted by molar-refractivity contribution is 6.30. The lowest BCUT2D eigenvalue weighted by atomic mass is 9.86. The van der Waals surface area contributed by atoms with Crippen LogP contribution in [0.3, 0.4) is 0 Å². The van der Waals surface area contributed by atoms with Gasteiger partial charge in [-0.15, -0.1) is 0 Å². The Morgan fingerprint density at radius 2 is 1.92 bits per heavy atom. The third-order valence-electron chi connectivity index (χ3n) is 7.53. The van der Waals surface area contributed by atoms with Crippen LogP contribution in [0.25, 0.3) is 11.1 Å². The summed E-state index contributed by atoms with van der Waals surface area (Å²) in [5.74, 6) is -0.286. The maximum Gasteiger partial charge on any atom is 0.335 e. The van der Waals surface area contributed by atoms with Crippen LogP contribution in [0.4, 0.5) is 4.39 Å². The normalized spacial score (nSPS) is 16.3. The molecule has 1 aliphatic heterocycles. The van der Waals surface area contributed by atoms with Crippen LogP contribution < -0.4 is 0 Å². The highest BCUT2D eigenvalue weighted by atomic mass is 35.5. The van der Waals surface area contributed by atoms with Crippen molar-refractivity contribution in [3.63, 3.8) is 0 Å². The number of allylic oxidation sites excluding steroid dienone is 1. The molecule has 1 fully saturated rings. The zero-order chi connectivity index (χ0) is 25.9. The molecular formula is C31H32ClFN2O2. The van der Waals surface area contributed by atoms with Crippen LogP contribution in [0.15, 0.2) is 54.7 Å². The molecule has 0 saturated carbocycles. The minimum Gasteiger partial charge on any atom is -0.478 e. The van der Waals surface area contributed by atoms with Crippen molar-refractivity contribution < 1.29 is 14.3 Å². The number of carboxylic acid groups (broad SMARTS) is 1. The molecule has 3 aromatic rings. The lowest BCUT2D eigenvalue weighted by Crippen LogP contribution is -2.47. The number of aromatic nitrogens is 1. The first-order chi connectivity index (χ1) is 17.9. The summed E-state index contributed by atoms with van der Waals surface area (Å²) in [7, 11) is 0. The number of aryl methyl sites for hydroxylation is 2. The van der Waals surface area contributed by atoms with Crippen LogP contribution in [0.1, 0.15) is 63.1 Å². The molecule has 0 bridgehead atoms. The van der Waals surface area contributed by atoms with Gasteiger partial charge < -0.3 is 10.0 Å². The SMILES string of the molecule is Cc1cc(Cl)cnc1C1=C(c2ccc(CC3CN(CCCF)C3)cc2)c2ccc(C(=O)O)cc2CCC1. The molecule has 0 atom stereocenters. The minimum atomic E-state index is -0.906. The molecule has 0 amide bonds. The van der Waals surface area contributed by atoms with Crippen molar-refractivity contribution in [1.29, 1.82) is 0 Å². The van der Waals surface area contributed by atoms with Gasteiger partial charge in [-0.2, -0.15) is 0 Å². The Bertz CT molecular complexity index is 1330. The highest BCUT2D eigenvalue weighted by Crippen LogP contribution is 2.40. The van der Waals surface area contributed by atoms with Gasteiger partial charge in [0.25, 0.3) is 0 Å². The Morgan fingerprint density at radius 3 is 2.62 bits per heavy atom. The first-order valence-electron chi connectivity index (χ1n) is 13.0. The summed E-state index contributed by atoms with van der Waals surface area (Å²) in [6.07, 6.45) is 5.92. The number of rotatable bonds is 8. The molecule has 4 nitrogen and oxygen atoms in total. The Kier molecular flexibility index (Phi) is 7.73. The number of aromatic carboxylic acids is 1. The van der Waals surface area contributed by atoms with Gasteiger partial charge in [-0.3, -0.25) is 9.37 Å². The van der Waals surface area contributed by atoms with Crippen molar-refractivity contribution in [3.8, 4) is 0 Å². The van der Waals surface area contributed by atoms with Crippen molar-refractivity contribution >= 4 is 28.7 Å². The van der Waals surface area contributed by atoms with E-state index in [1.165, 1.54) is 11.1 Å². The number of likely N-dealkylation sites (tertiary alicyclic amines) is 1. The summed E-state index contributed by atoms with van der Waals surface area (Å²) in [6.45, 7) is 4.72. The zero-order valence-corrected chi connectivity index (χ0v) is 21.9. The molecule has 1 saturated heterocycles. The molecule has 0 radical (unpaired) electrons. The third-order valence-corrected chi connectivity index (χ3v) is 7.74. The quantitative estimate of drug-likeness (QED) is 0.353. The molecule has 2 heterocycles. The molecule has 0 unspecified atom stereocenters. The maximum atomic E-state index is 12.4. The van der Waals surface area contributed by atoms with E-state index in [9.17, 15) is 14.3 Å². The van der Waals surface area contributed by atoms with Crippen molar-refractivity contribution in [1.82, 2.24) is 9.88 Å². The number of hydrogen-bond donors (Lipinski definition) is 1. The lowest BCUT2D eigenvalue weighted by molar-refractivity contribution is 0.0696. The molecule has 0 spiro atoms. The van der Waals surface area contributed by atoms with Gasteiger partial charge in [0.2, 0.25) is 0 Å². The number of hydrogen-bond acceptors (Lipinski definition) is 3. The number of alkyl halides is 1. The van der Waals surface area contributed by atoms with Gasteiger partial charge in [0.15, 0.2) is 0 Å². The Labute approximate surface area is 222 Å². The number of carboxylic acids is 1. The number of benzene rings is 2. The Balaban J connectivity index is 1.51. The van der Waals surface area contributed by atoms with Gasteiger partial charge in [-0.1, -0.05) is 41.9 Å². The first-order valence-corrected chi connectivity index (χ1v) is 13.4. The molecule has 1 aromatic heterocycles. The smallest absolute Gasteiger partial charge is 0.335 e. The van der Waals surface area contributed by atoms with Crippen LogP contribution in [-0.2, 0) is 12.8 Å². The summed E-state index contributed by atoms with van der Waals surface area (Å²) < 4.78 is 12.4. The van der Waals surface area contributed by atoms with E-state index < -0.39 is 5.97 Å². The second-order valence-corrected chi connectivity index (χ2v) is 10.7. The lowest BCUT2D eigenvalue weighted by Gasteiger charge is -2.39. The predicted molar refractivity (Wildman–Crippen MR) is 147 cm³/mol. The molecule has 2 aliphatic rings. The van der Waals surface area contributed by atoms with E-state index in [0.717, 1.165) is 78.8 Å². The zero-order valence-electron chi connectivity index (χ0n) is 21.1. The van der Waals surface area contributed by atoms with Crippen molar-refractivity contribution in [2.75, 3.05) is 26.3 Å². The highest BCUT2D eigenvalue weighted by Gasteiger charge is 2.27. The molecule has 37 heavy (non-hydrogen) atoms. The average Bonchev–Trinajstić information content (AvgIpc) is 3.04. The summed E-state index contributed by atoms with van der Waals surface area (Å²) >= 11 is 6.23. The van der Waals surface area contributed by atoms with E-state index >= 15 is 0 Å². The summed E-state index contributed by atoms with van der Waals surface area (Å²) in [5, 5.41) is 10.2. The number of fused-ring (bicyclic) bond motifs is 1. The van der Waals surface area contributed by atoms with Gasteiger partial charge >= 0.3 is 5.97 Å². The summed E-state index contributed by atoms with van der Waals surface area (Å²) in [5.41, 5.74) is 9.13. The minimum absolute atomic E-state index is 0.244. The van der Waals surface area contributed by atoms with E-state index in [-0.39, 0.29) is 6.67 Å². The van der Waals surface area contributed by atoms with E-state index in [2.05, 4.69) is 29.2 Å². The van der Waals surface area contributed by atoms with Gasteiger partial charge in [-0.25, -0.2) is 4.79 Å². The van der Waals surface area contributed by atoms with Crippen LogP contribution in [0, 0.1) is 12.8 Å². The number of halogens is 2. The van der Waals surface area contributed by atoms with Crippen molar-refractivity contribution in [3.05, 3.63) is 98.8 Å². The number of carbonyl (C=O) groups is 1. The van der Waals surface area contributed by atoms with Crippen molar-refractivity contribution in [2.45, 2.75) is 39.0 Å². The topological polar surface area (TPSA) is 53.4 Å². The number of pyridine rings is 1. The summed E-state index contributed by atoms with van der Waals surface area (Å²) in [6, 6.07) is 16.2. The van der Waals surface area contributed by atoms with Crippen LogP contribution >= 0.6 is 11.6 Å². The Hall–Kier alpha value is -3.02. The van der Waals surface area contributed by atoms with Crippen molar-refractivity contribution in [2.24, 2.45) is 5.92 Å². The van der Waals surface area contributed by atoms with Gasteiger partial charge in [0.1, 0.15) is 0 Å². The second kappa shape index (κ2) is 11.2. The summed E-state index contributed by atoms with van der Waals surface area (Å²) in [4.78, 5) is 18.7. The molecule has 5 rings (SSSR count). The molecule has 2 aromatic carbocycles. The Morgan fingerprint density at radius 1 is 1.14 bits per heavy atom.